The Morgan fingerprint density at radius 3 is 2.74 bits per heavy atom. The summed E-state index contributed by atoms with van der Waals surface area (Å²) in [4.78, 5) is 30.4. The minimum atomic E-state index is -0.333. The second-order valence-electron chi connectivity index (χ2n) is 6.46. The van der Waals surface area contributed by atoms with Crippen LogP contribution in [0.2, 0.25) is 0 Å². The van der Waals surface area contributed by atoms with Crippen LogP contribution < -0.4 is 15.4 Å². The van der Waals surface area contributed by atoms with Crippen molar-refractivity contribution in [1.29, 1.82) is 0 Å². The van der Waals surface area contributed by atoms with Gasteiger partial charge in [0.2, 0.25) is 5.91 Å². The van der Waals surface area contributed by atoms with Gasteiger partial charge in [0, 0.05) is 4.88 Å². The fraction of sp³-hybridized carbons (Fsp3) is 0.450. The van der Waals surface area contributed by atoms with E-state index < -0.39 is 0 Å². The molecule has 0 unspecified atom stereocenters. The summed E-state index contributed by atoms with van der Waals surface area (Å²) in [5.74, 6) is -0.0998. The van der Waals surface area contributed by atoms with Crippen molar-refractivity contribution in [3.05, 3.63) is 40.4 Å². The van der Waals surface area contributed by atoms with E-state index in [0.29, 0.717) is 23.1 Å². The number of aryl methyl sites for hydroxylation is 2. The SMILES string of the molecule is CCOc1ccccc1C(=O)NCC(=O)Nc1nc2c(s1)CCCCCC2. The van der Waals surface area contributed by atoms with Gasteiger partial charge < -0.3 is 15.4 Å². The number of rotatable bonds is 6. The van der Waals surface area contributed by atoms with E-state index in [0.717, 1.165) is 25.0 Å². The number of ether oxygens (including phenoxy) is 1. The van der Waals surface area contributed by atoms with Crippen LogP contribution in [0.3, 0.4) is 0 Å². The molecule has 1 heterocycles. The highest BCUT2D eigenvalue weighted by molar-refractivity contribution is 7.15. The van der Waals surface area contributed by atoms with E-state index in [4.69, 9.17) is 4.74 Å². The van der Waals surface area contributed by atoms with E-state index in [-0.39, 0.29) is 18.4 Å². The van der Waals surface area contributed by atoms with Gasteiger partial charge in [-0.3, -0.25) is 9.59 Å². The Morgan fingerprint density at radius 1 is 1.15 bits per heavy atom. The van der Waals surface area contributed by atoms with Gasteiger partial charge in [-0.15, -0.1) is 11.3 Å². The zero-order valence-electron chi connectivity index (χ0n) is 15.5. The van der Waals surface area contributed by atoms with E-state index in [2.05, 4.69) is 15.6 Å². The van der Waals surface area contributed by atoms with Gasteiger partial charge in [-0.2, -0.15) is 0 Å². The molecule has 1 aliphatic carbocycles. The first kappa shape index (κ1) is 19.4. The van der Waals surface area contributed by atoms with Crippen LogP contribution in [0.1, 0.15) is 53.5 Å². The maximum atomic E-state index is 12.3. The molecule has 1 aromatic heterocycles. The molecular weight excluding hydrogens is 362 g/mol. The monoisotopic (exact) mass is 387 g/mol. The molecule has 1 aliphatic rings. The van der Waals surface area contributed by atoms with E-state index in [1.54, 1.807) is 29.5 Å². The highest BCUT2D eigenvalue weighted by atomic mass is 32.1. The lowest BCUT2D eigenvalue weighted by atomic mass is 10.0. The highest BCUT2D eigenvalue weighted by Gasteiger charge is 2.16. The summed E-state index contributed by atoms with van der Waals surface area (Å²) >= 11 is 1.55. The summed E-state index contributed by atoms with van der Waals surface area (Å²) in [5, 5.41) is 6.08. The number of carbonyl (C=O) groups excluding carboxylic acids is 2. The van der Waals surface area contributed by atoms with Gasteiger partial charge in [-0.1, -0.05) is 25.0 Å². The molecule has 7 heteroatoms. The van der Waals surface area contributed by atoms with Gasteiger partial charge >= 0.3 is 0 Å². The van der Waals surface area contributed by atoms with Crippen LogP contribution in [0.25, 0.3) is 0 Å². The lowest BCUT2D eigenvalue weighted by Crippen LogP contribution is -2.33. The van der Waals surface area contributed by atoms with Gasteiger partial charge in [-0.05, 0) is 44.7 Å². The van der Waals surface area contributed by atoms with Crippen molar-refractivity contribution >= 4 is 28.3 Å². The van der Waals surface area contributed by atoms with Crippen LogP contribution in [-0.4, -0.2) is 29.9 Å². The highest BCUT2D eigenvalue weighted by Crippen LogP contribution is 2.28. The Kier molecular flexibility index (Phi) is 6.81. The Balaban J connectivity index is 1.55. The van der Waals surface area contributed by atoms with E-state index in [1.807, 2.05) is 13.0 Å². The molecule has 0 saturated heterocycles. The average Bonchev–Trinajstić information content (AvgIpc) is 3.01. The summed E-state index contributed by atoms with van der Waals surface area (Å²) in [6, 6.07) is 6.99. The minimum absolute atomic E-state index is 0.108. The number of para-hydroxylation sites is 1. The van der Waals surface area contributed by atoms with Gasteiger partial charge in [-0.25, -0.2) is 4.98 Å². The fourth-order valence-electron chi connectivity index (χ4n) is 3.11. The van der Waals surface area contributed by atoms with Gasteiger partial charge in [0.15, 0.2) is 5.13 Å². The third-order valence-corrected chi connectivity index (χ3v) is 5.51. The molecule has 27 heavy (non-hydrogen) atoms. The minimum Gasteiger partial charge on any atom is -0.493 e. The van der Waals surface area contributed by atoms with Crippen LogP contribution >= 0.6 is 11.3 Å². The maximum Gasteiger partial charge on any atom is 0.255 e. The Labute approximate surface area is 163 Å². The first-order valence-corrected chi connectivity index (χ1v) is 10.3. The molecule has 144 valence electrons. The number of aromatic nitrogens is 1. The molecule has 0 aliphatic heterocycles. The van der Waals surface area contributed by atoms with E-state index >= 15 is 0 Å². The van der Waals surface area contributed by atoms with Crippen molar-refractivity contribution in [2.45, 2.75) is 45.4 Å². The van der Waals surface area contributed by atoms with E-state index in [9.17, 15) is 9.59 Å². The van der Waals surface area contributed by atoms with Gasteiger partial charge in [0.05, 0.1) is 24.4 Å². The number of carbonyl (C=O) groups is 2. The second-order valence-corrected chi connectivity index (χ2v) is 7.55. The number of hydrogen-bond donors (Lipinski definition) is 2. The molecule has 3 rings (SSSR count). The molecule has 0 bridgehead atoms. The van der Waals surface area contributed by atoms with Crippen molar-refractivity contribution < 1.29 is 14.3 Å². The normalized spacial score (nSPS) is 13.8. The van der Waals surface area contributed by atoms with Crippen LogP contribution in [0, 0.1) is 0 Å². The number of anilines is 1. The first-order valence-electron chi connectivity index (χ1n) is 9.46. The third-order valence-electron chi connectivity index (χ3n) is 4.43. The largest absolute Gasteiger partial charge is 0.493 e. The molecule has 0 saturated carbocycles. The molecule has 2 N–H and O–H groups in total. The van der Waals surface area contributed by atoms with Crippen LogP contribution in [-0.2, 0) is 17.6 Å². The molecule has 1 aromatic carbocycles. The first-order chi connectivity index (χ1) is 13.2. The predicted molar refractivity (Wildman–Crippen MR) is 107 cm³/mol. The van der Waals surface area contributed by atoms with Crippen molar-refractivity contribution in [3.63, 3.8) is 0 Å². The standard InChI is InChI=1S/C20H25N3O3S/c1-2-26-16-11-8-7-9-14(16)19(25)21-13-18(24)23-20-22-15-10-5-3-4-6-12-17(15)27-20/h7-9,11H,2-6,10,12-13H2,1H3,(H,21,25)(H,22,23,24). The molecule has 2 amide bonds. The lowest BCUT2D eigenvalue weighted by Gasteiger charge is -2.10. The molecule has 0 spiro atoms. The molecule has 0 atom stereocenters. The number of nitrogens with zero attached hydrogens (tertiary/aromatic N) is 1. The van der Waals surface area contributed by atoms with Crippen molar-refractivity contribution in [1.82, 2.24) is 10.3 Å². The second kappa shape index (κ2) is 9.50. The number of amides is 2. The molecule has 2 aromatic rings. The Hall–Kier alpha value is -2.41. The maximum absolute atomic E-state index is 12.3. The quantitative estimate of drug-likeness (QED) is 0.794. The number of hydrogen-bond acceptors (Lipinski definition) is 5. The number of nitrogens with one attached hydrogen (secondary N) is 2. The average molecular weight is 388 g/mol. The summed E-state index contributed by atoms with van der Waals surface area (Å²) in [6.07, 6.45) is 6.85. The molecular formula is C20H25N3O3S. The Morgan fingerprint density at radius 2 is 1.93 bits per heavy atom. The lowest BCUT2D eigenvalue weighted by molar-refractivity contribution is -0.115. The summed E-state index contributed by atoms with van der Waals surface area (Å²) < 4.78 is 5.46. The number of thiazole rings is 1. The van der Waals surface area contributed by atoms with Gasteiger partial charge in [0.25, 0.3) is 5.91 Å². The zero-order chi connectivity index (χ0) is 19.1. The predicted octanol–water partition coefficient (Wildman–Crippen LogP) is 3.57. The van der Waals surface area contributed by atoms with Crippen LogP contribution in [0.5, 0.6) is 5.75 Å². The zero-order valence-corrected chi connectivity index (χ0v) is 16.4. The van der Waals surface area contributed by atoms with Crippen LogP contribution in [0.4, 0.5) is 5.13 Å². The molecule has 0 radical (unpaired) electrons. The smallest absolute Gasteiger partial charge is 0.255 e. The Bertz CT molecular complexity index is 778. The number of fused-ring (bicyclic) bond motifs is 1. The topological polar surface area (TPSA) is 80.3 Å². The molecule has 0 fully saturated rings. The van der Waals surface area contributed by atoms with E-state index in [1.165, 1.54) is 24.1 Å². The molecule has 6 nitrogen and oxygen atoms in total. The number of benzene rings is 1. The van der Waals surface area contributed by atoms with Crippen molar-refractivity contribution in [2.24, 2.45) is 0 Å². The van der Waals surface area contributed by atoms with Gasteiger partial charge in [0.1, 0.15) is 5.75 Å². The fourth-order valence-corrected chi connectivity index (χ4v) is 4.18. The summed E-state index contributed by atoms with van der Waals surface area (Å²) in [5.41, 5.74) is 1.54. The third kappa shape index (κ3) is 5.29. The van der Waals surface area contributed by atoms with Crippen LogP contribution in [0.15, 0.2) is 24.3 Å². The summed E-state index contributed by atoms with van der Waals surface area (Å²) in [6.45, 7) is 2.22. The van der Waals surface area contributed by atoms with Crippen molar-refractivity contribution in [2.75, 3.05) is 18.5 Å². The van der Waals surface area contributed by atoms with Crippen molar-refractivity contribution in [3.8, 4) is 5.75 Å². The summed E-state index contributed by atoms with van der Waals surface area (Å²) in [7, 11) is 0.